The number of nitrogens with zero attached hydrogens (tertiary/aromatic N) is 4. The van der Waals surface area contributed by atoms with Crippen molar-refractivity contribution in [2.24, 2.45) is 0 Å². The lowest BCUT2D eigenvalue weighted by atomic mass is 9.99. The molecule has 0 aliphatic heterocycles. The van der Waals surface area contributed by atoms with E-state index in [2.05, 4.69) is 53.0 Å². The van der Waals surface area contributed by atoms with E-state index in [0.29, 0.717) is 13.1 Å². The van der Waals surface area contributed by atoms with Crippen LogP contribution in [0, 0.1) is 0 Å². The third-order valence-corrected chi connectivity index (χ3v) is 9.44. The molecular weight excluding hydrogens is 517 g/mol. The fourth-order valence-corrected chi connectivity index (χ4v) is 7.43. The van der Waals surface area contributed by atoms with Crippen LogP contribution in [0.4, 0.5) is 0 Å². The molecule has 0 unspecified atom stereocenters. The molecule has 2 aromatic heterocycles. The van der Waals surface area contributed by atoms with E-state index < -0.39 is 0 Å². The van der Waals surface area contributed by atoms with Gasteiger partial charge in [-0.05, 0) is 96.7 Å². The molecule has 0 saturated heterocycles. The molecule has 10 heteroatoms. The topological polar surface area (TPSA) is 53.9 Å². The molecule has 0 amide bonds. The number of thiol groups is 2. The largest absolute Gasteiger partial charge is 0.329 e. The molecule has 6 nitrogen and oxygen atoms in total. The maximum absolute atomic E-state index is 12.6. The van der Waals surface area contributed by atoms with Crippen molar-refractivity contribution < 1.29 is 0 Å². The fraction of sp³-hybridized carbons (Fsp3) is 0.760. The van der Waals surface area contributed by atoms with Gasteiger partial charge in [0, 0.05) is 36.6 Å². The molecule has 0 atom stereocenters. The summed E-state index contributed by atoms with van der Waals surface area (Å²) in [6.45, 7) is 13.8. The van der Waals surface area contributed by atoms with E-state index in [0.717, 1.165) is 47.2 Å². The van der Waals surface area contributed by atoms with Gasteiger partial charge in [0.1, 0.15) is 0 Å². The van der Waals surface area contributed by atoms with Gasteiger partial charge in [0.2, 0.25) is 0 Å². The van der Waals surface area contributed by atoms with Crippen LogP contribution in [0.15, 0.2) is 32.0 Å². The SMILES string of the molecule is CCn1cc(S)n(C(C)(C)CCCSCCCSCCCC(C)(C)n2c(S)cn(CC)c2=O)c1=O. The van der Waals surface area contributed by atoms with Crippen molar-refractivity contribution in [3.05, 3.63) is 33.4 Å². The number of hydrogen-bond donors (Lipinski definition) is 2. The molecule has 0 aliphatic carbocycles. The molecule has 0 aromatic carbocycles. The lowest BCUT2D eigenvalue weighted by Gasteiger charge is -2.27. The lowest BCUT2D eigenvalue weighted by molar-refractivity contribution is 0.295. The summed E-state index contributed by atoms with van der Waals surface area (Å²) in [4.78, 5) is 25.1. The Balaban J connectivity index is 1.59. The van der Waals surface area contributed by atoms with E-state index in [1.54, 1.807) is 9.13 Å². The van der Waals surface area contributed by atoms with Crippen molar-refractivity contribution in [3.8, 4) is 0 Å². The summed E-state index contributed by atoms with van der Waals surface area (Å²) in [6, 6.07) is 0. The predicted octanol–water partition coefficient (Wildman–Crippen LogP) is 5.82. The monoisotopic (exact) mass is 560 g/mol. The highest BCUT2D eigenvalue weighted by Crippen LogP contribution is 2.26. The Morgan fingerprint density at radius 1 is 0.686 bits per heavy atom. The van der Waals surface area contributed by atoms with Gasteiger partial charge < -0.3 is 0 Å². The van der Waals surface area contributed by atoms with Crippen molar-refractivity contribution in [2.45, 2.75) is 108 Å². The number of hydrogen-bond acceptors (Lipinski definition) is 6. The molecule has 0 radical (unpaired) electrons. The van der Waals surface area contributed by atoms with Crippen molar-refractivity contribution in [1.29, 1.82) is 0 Å². The zero-order chi connectivity index (χ0) is 26.2. The lowest BCUT2D eigenvalue weighted by Crippen LogP contribution is -2.37. The number of thioether (sulfide) groups is 2. The highest BCUT2D eigenvalue weighted by Gasteiger charge is 2.26. The van der Waals surface area contributed by atoms with Crippen LogP contribution in [0.25, 0.3) is 0 Å². The molecular formula is C25H44N4O2S4. The van der Waals surface area contributed by atoms with Gasteiger partial charge in [0.25, 0.3) is 0 Å². The molecule has 0 saturated carbocycles. The average Bonchev–Trinajstić information content (AvgIpc) is 3.25. The van der Waals surface area contributed by atoms with Gasteiger partial charge in [-0.25, -0.2) is 9.59 Å². The quantitative estimate of drug-likeness (QED) is 0.201. The smallest absolute Gasteiger partial charge is 0.298 e. The van der Waals surface area contributed by atoms with E-state index in [1.165, 1.54) is 17.9 Å². The summed E-state index contributed by atoms with van der Waals surface area (Å²) in [6.07, 6.45) is 8.98. The maximum Gasteiger partial charge on any atom is 0.329 e. The Hall–Kier alpha value is -0.580. The van der Waals surface area contributed by atoms with Gasteiger partial charge in [-0.1, -0.05) is 0 Å². The molecule has 35 heavy (non-hydrogen) atoms. The second-order valence-electron chi connectivity index (χ2n) is 10.2. The third-order valence-electron chi connectivity index (χ3n) is 6.50. The first-order valence-corrected chi connectivity index (χ1v) is 15.9. The van der Waals surface area contributed by atoms with Gasteiger partial charge in [0.05, 0.1) is 10.1 Å². The molecule has 2 aromatic rings. The summed E-state index contributed by atoms with van der Waals surface area (Å²) in [5, 5.41) is 1.49. The molecule has 0 N–H and O–H groups in total. The van der Waals surface area contributed by atoms with Crippen LogP contribution in [-0.2, 0) is 24.2 Å². The molecule has 0 aliphatic rings. The van der Waals surface area contributed by atoms with Gasteiger partial charge in [0.15, 0.2) is 0 Å². The number of aryl methyl sites for hydroxylation is 2. The third kappa shape index (κ3) is 8.20. The van der Waals surface area contributed by atoms with E-state index in [-0.39, 0.29) is 22.5 Å². The fourth-order valence-electron chi connectivity index (χ4n) is 4.45. The van der Waals surface area contributed by atoms with E-state index >= 15 is 0 Å². The van der Waals surface area contributed by atoms with Crippen LogP contribution in [0.1, 0.15) is 73.6 Å². The van der Waals surface area contributed by atoms with Crippen LogP contribution in [0.2, 0.25) is 0 Å². The second-order valence-corrected chi connectivity index (χ2v) is 13.6. The second kappa shape index (κ2) is 13.8. The van der Waals surface area contributed by atoms with Crippen LogP contribution in [0.3, 0.4) is 0 Å². The minimum Gasteiger partial charge on any atom is -0.298 e. The van der Waals surface area contributed by atoms with Crippen LogP contribution in [-0.4, -0.2) is 41.3 Å². The van der Waals surface area contributed by atoms with Crippen molar-refractivity contribution in [3.63, 3.8) is 0 Å². The molecule has 0 spiro atoms. The zero-order valence-corrected chi connectivity index (χ0v) is 25.7. The zero-order valence-electron chi connectivity index (χ0n) is 22.2. The Morgan fingerprint density at radius 2 is 1.03 bits per heavy atom. The van der Waals surface area contributed by atoms with E-state index in [9.17, 15) is 9.59 Å². The first-order valence-electron chi connectivity index (χ1n) is 12.6. The maximum atomic E-state index is 12.6. The molecule has 0 fully saturated rings. The summed E-state index contributed by atoms with van der Waals surface area (Å²) in [7, 11) is 0. The number of imidazole rings is 2. The Morgan fingerprint density at radius 3 is 1.34 bits per heavy atom. The predicted molar refractivity (Wildman–Crippen MR) is 160 cm³/mol. The highest BCUT2D eigenvalue weighted by atomic mass is 32.2. The van der Waals surface area contributed by atoms with Crippen LogP contribution in [0.5, 0.6) is 0 Å². The minimum absolute atomic E-state index is 0.0352. The minimum atomic E-state index is -0.225. The van der Waals surface area contributed by atoms with Crippen molar-refractivity contribution in [1.82, 2.24) is 18.3 Å². The van der Waals surface area contributed by atoms with Gasteiger partial charge in [-0.15, -0.1) is 25.3 Å². The molecule has 2 heterocycles. The van der Waals surface area contributed by atoms with Gasteiger partial charge in [-0.2, -0.15) is 23.5 Å². The van der Waals surface area contributed by atoms with E-state index in [4.69, 9.17) is 0 Å². The van der Waals surface area contributed by atoms with Gasteiger partial charge >= 0.3 is 11.4 Å². The number of rotatable bonds is 16. The standard InChI is InChI=1S/C25H44N4O2S4/c1-7-26-18-20(32)28(22(26)30)24(3,4)12-9-14-34-16-11-17-35-15-10-13-25(5,6)29-21(33)19-27(8-2)23(29)31/h18-19,32-33H,7-17H2,1-6H3. The first-order chi connectivity index (χ1) is 16.5. The highest BCUT2D eigenvalue weighted by molar-refractivity contribution is 8.00. The summed E-state index contributed by atoms with van der Waals surface area (Å²) in [5.74, 6) is 4.58. The number of aromatic nitrogens is 4. The van der Waals surface area contributed by atoms with E-state index in [1.807, 2.05) is 58.9 Å². The summed E-state index contributed by atoms with van der Waals surface area (Å²) < 4.78 is 7.10. The van der Waals surface area contributed by atoms with Crippen molar-refractivity contribution >= 4 is 48.8 Å². The van der Waals surface area contributed by atoms with Crippen molar-refractivity contribution in [2.75, 3.05) is 23.0 Å². The van der Waals surface area contributed by atoms with Crippen LogP contribution < -0.4 is 11.4 Å². The summed E-state index contributed by atoms with van der Waals surface area (Å²) >= 11 is 13.1. The van der Waals surface area contributed by atoms with Crippen LogP contribution >= 0.6 is 48.8 Å². The Kier molecular flexibility index (Phi) is 12.1. The Labute approximate surface area is 230 Å². The molecule has 200 valence electrons. The average molecular weight is 561 g/mol. The van der Waals surface area contributed by atoms with Gasteiger partial charge in [-0.3, -0.25) is 18.3 Å². The normalized spacial score (nSPS) is 12.6. The summed E-state index contributed by atoms with van der Waals surface area (Å²) in [5.41, 5.74) is -0.380. The Bertz CT molecular complexity index is 967. The first kappa shape index (κ1) is 30.6. The molecule has 0 bridgehead atoms. The molecule has 2 rings (SSSR count).